The molecule has 1 unspecified atom stereocenters. The predicted molar refractivity (Wildman–Crippen MR) is 59.0 cm³/mol. The van der Waals surface area contributed by atoms with Crippen LogP contribution >= 0.6 is 0 Å². The predicted octanol–water partition coefficient (Wildman–Crippen LogP) is 1.69. The Hall–Kier alpha value is -2.55. The van der Waals surface area contributed by atoms with Crippen molar-refractivity contribution in [2.24, 2.45) is 0 Å². The molecule has 0 aliphatic heterocycles. The number of nitro groups is 1. The van der Waals surface area contributed by atoms with Crippen LogP contribution in [0.2, 0.25) is 0 Å². The van der Waals surface area contributed by atoms with Crippen molar-refractivity contribution in [1.29, 1.82) is 0 Å². The second-order valence-corrected chi connectivity index (χ2v) is 3.17. The highest BCUT2D eigenvalue weighted by Gasteiger charge is 2.20. The van der Waals surface area contributed by atoms with E-state index >= 15 is 0 Å². The minimum atomic E-state index is -1.37. The lowest BCUT2D eigenvalue weighted by Gasteiger charge is -2.08. The Morgan fingerprint density at radius 1 is 1.65 bits per heavy atom. The van der Waals surface area contributed by atoms with Crippen molar-refractivity contribution in [3.8, 4) is 18.1 Å². The molecule has 0 spiro atoms. The van der Waals surface area contributed by atoms with Gasteiger partial charge in [-0.3, -0.25) is 10.1 Å². The first kappa shape index (κ1) is 12.5. The topological polar surface area (TPSA) is 89.7 Å². The van der Waals surface area contributed by atoms with E-state index in [1.54, 1.807) is 6.92 Å². The van der Waals surface area contributed by atoms with Gasteiger partial charge in [-0.1, -0.05) is 5.92 Å². The van der Waals surface area contributed by atoms with Crippen LogP contribution in [0, 0.1) is 22.5 Å². The average Bonchev–Trinajstić information content (AvgIpc) is 2.28. The van der Waals surface area contributed by atoms with Crippen LogP contribution in [0.15, 0.2) is 18.2 Å². The van der Waals surface area contributed by atoms with Gasteiger partial charge in [-0.05, 0) is 19.1 Å². The van der Waals surface area contributed by atoms with Crippen LogP contribution in [0.25, 0.3) is 0 Å². The van der Waals surface area contributed by atoms with Gasteiger partial charge in [0.05, 0.1) is 11.0 Å². The number of carbonyl (C=O) groups is 1. The van der Waals surface area contributed by atoms with Crippen LogP contribution in [-0.2, 0) is 0 Å². The minimum absolute atomic E-state index is 0.159. The van der Waals surface area contributed by atoms with E-state index in [2.05, 4.69) is 5.92 Å². The quantitative estimate of drug-likeness (QED) is 0.487. The number of hydrogen-bond acceptors (Lipinski definition) is 4. The molecule has 0 fully saturated rings. The van der Waals surface area contributed by atoms with E-state index in [1.165, 1.54) is 6.07 Å². The standard InChI is InChI=1S/C11H9NO5/c1-3-7(2)17-8-4-5-9(11(13)14)10(6-8)12(15)16/h1,4-7H,2H3,(H,13,14). The van der Waals surface area contributed by atoms with Gasteiger partial charge in [0.15, 0.2) is 6.10 Å². The fourth-order valence-electron chi connectivity index (χ4n) is 1.15. The number of aromatic carboxylic acids is 1. The number of ether oxygens (including phenoxy) is 1. The van der Waals surface area contributed by atoms with Crippen LogP contribution < -0.4 is 4.74 Å². The average molecular weight is 235 g/mol. The van der Waals surface area contributed by atoms with Crippen molar-refractivity contribution in [1.82, 2.24) is 0 Å². The molecule has 1 aromatic rings. The van der Waals surface area contributed by atoms with Crippen LogP contribution in [0.4, 0.5) is 5.69 Å². The maximum absolute atomic E-state index is 10.7. The molecule has 1 atom stereocenters. The Labute approximate surface area is 97.0 Å². The molecule has 0 aromatic heterocycles. The van der Waals surface area contributed by atoms with Gasteiger partial charge < -0.3 is 9.84 Å². The fourth-order valence-corrected chi connectivity index (χ4v) is 1.15. The molecular formula is C11H9NO5. The van der Waals surface area contributed by atoms with Gasteiger partial charge in [0.25, 0.3) is 5.69 Å². The highest BCUT2D eigenvalue weighted by Crippen LogP contribution is 2.25. The number of benzene rings is 1. The molecular weight excluding hydrogens is 226 g/mol. The van der Waals surface area contributed by atoms with Gasteiger partial charge >= 0.3 is 5.97 Å². The third-order valence-electron chi connectivity index (χ3n) is 1.94. The summed E-state index contributed by atoms with van der Waals surface area (Å²) in [5.41, 5.74) is -0.921. The fraction of sp³-hybridized carbons (Fsp3) is 0.182. The molecule has 88 valence electrons. The lowest BCUT2D eigenvalue weighted by Crippen LogP contribution is -2.09. The lowest BCUT2D eigenvalue weighted by molar-refractivity contribution is -0.385. The van der Waals surface area contributed by atoms with E-state index in [-0.39, 0.29) is 5.75 Å². The zero-order chi connectivity index (χ0) is 13.0. The van der Waals surface area contributed by atoms with Crippen LogP contribution in [-0.4, -0.2) is 22.1 Å². The van der Waals surface area contributed by atoms with Gasteiger partial charge in [0, 0.05) is 0 Å². The first-order chi connectivity index (χ1) is 7.95. The first-order valence-electron chi connectivity index (χ1n) is 4.60. The Balaban J connectivity index is 3.15. The first-order valence-corrected chi connectivity index (χ1v) is 4.60. The second kappa shape index (κ2) is 4.99. The maximum atomic E-state index is 10.7. The Morgan fingerprint density at radius 3 is 2.76 bits per heavy atom. The van der Waals surface area contributed by atoms with Gasteiger partial charge in [0.2, 0.25) is 0 Å². The van der Waals surface area contributed by atoms with Gasteiger partial charge in [-0.2, -0.15) is 0 Å². The summed E-state index contributed by atoms with van der Waals surface area (Å²) >= 11 is 0. The van der Waals surface area contributed by atoms with Crippen molar-refractivity contribution >= 4 is 11.7 Å². The SMILES string of the molecule is C#CC(C)Oc1ccc(C(=O)O)c([N+](=O)[O-])c1. The van der Waals surface area contributed by atoms with E-state index in [9.17, 15) is 14.9 Å². The maximum Gasteiger partial charge on any atom is 0.342 e. The normalized spacial score (nSPS) is 11.3. The van der Waals surface area contributed by atoms with Crippen molar-refractivity contribution in [2.45, 2.75) is 13.0 Å². The summed E-state index contributed by atoms with van der Waals surface area (Å²) in [7, 11) is 0. The monoisotopic (exact) mass is 235 g/mol. The number of terminal acetylenes is 1. The highest BCUT2D eigenvalue weighted by molar-refractivity contribution is 5.92. The molecule has 17 heavy (non-hydrogen) atoms. The summed E-state index contributed by atoms with van der Waals surface area (Å²) in [4.78, 5) is 20.6. The molecule has 0 aliphatic carbocycles. The van der Waals surface area contributed by atoms with E-state index in [1.807, 2.05) is 0 Å². The van der Waals surface area contributed by atoms with E-state index in [0.717, 1.165) is 12.1 Å². The minimum Gasteiger partial charge on any atom is -0.478 e. The molecule has 0 bridgehead atoms. The highest BCUT2D eigenvalue weighted by atomic mass is 16.6. The molecule has 0 radical (unpaired) electrons. The van der Waals surface area contributed by atoms with Crippen molar-refractivity contribution in [3.05, 3.63) is 33.9 Å². The largest absolute Gasteiger partial charge is 0.478 e. The molecule has 1 rings (SSSR count). The molecule has 0 amide bonds. The number of nitrogens with zero attached hydrogens (tertiary/aromatic N) is 1. The summed E-state index contributed by atoms with van der Waals surface area (Å²) in [6.07, 6.45) is 4.54. The molecule has 0 saturated carbocycles. The molecule has 6 heteroatoms. The van der Waals surface area contributed by atoms with Gasteiger partial charge in [0.1, 0.15) is 11.3 Å². The Bertz CT molecular complexity index is 503. The lowest BCUT2D eigenvalue weighted by atomic mass is 10.1. The van der Waals surface area contributed by atoms with Gasteiger partial charge in [-0.15, -0.1) is 6.42 Å². The number of rotatable bonds is 4. The molecule has 0 aliphatic rings. The van der Waals surface area contributed by atoms with Crippen LogP contribution in [0.5, 0.6) is 5.75 Å². The molecule has 1 N–H and O–H groups in total. The summed E-state index contributed by atoms with van der Waals surface area (Å²) in [5, 5.41) is 19.4. The van der Waals surface area contributed by atoms with E-state index in [4.69, 9.17) is 16.3 Å². The summed E-state index contributed by atoms with van der Waals surface area (Å²) in [6, 6.07) is 3.47. The Kier molecular flexibility index (Phi) is 3.67. The number of nitro benzene ring substituents is 1. The van der Waals surface area contributed by atoms with Crippen molar-refractivity contribution < 1.29 is 19.6 Å². The molecule has 1 aromatic carbocycles. The zero-order valence-corrected chi connectivity index (χ0v) is 8.91. The summed E-state index contributed by atoms with van der Waals surface area (Å²) in [6.45, 7) is 1.59. The van der Waals surface area contributed by atoms with Crippen LogP contribution in [0.1, 0.15) is 17.3 Å². The molecule has 0 heterocycles. The molecule has 0 saturated heterocycles. The molecule has 6 nitrogen and oxygen atoms in total. The van der Waals surface area contributed by atoms with E-state index in [0.29, 0.717) is 0 Å². The third kappa shape index (κ3) is 2.95. The van der Waals surface area contributed by atoms with E-state index < -0.39 is 28.2 Å². The summed E-state index contributed by atoms with van der Waals surface area (Å²) in [5.74, 6) is 1.08. The number of hydrogen-bond donors (Lipinski definition) is 1. The Morgan fingerprint density at radius 2 is 2.29 bits per heavy atom. The third-order valence-corrected chi connectivity index (χ3v) is 1.94. The van der Waals surface area contributed by atoms with Crippen molar-refractivity contribution in [2.75, 3.05) is 0 Å². The zero-order valence-electron chi connectivity index (χ0n) is 8.91. The smallest absolute Gasteiger partial charge is 0.342 e. The van der Waals surface area contributed by atoms with Crippen LogP contribution in [0.3, 0.4) is 0 Å². The second-order valence-electron chi connectivity index (χ2n) is 3.17. The van der Waals surface area contributed by atoms with Crippen molar-refractivity contribution in [3.63, 3.8) is 0 Å². The summed E-state index contributed by atoms with van der Waals surface area (Å²) < 4.78 is 5.16. The number of carboxylic acids is 1. The van der Waals surface area contributed by atoms with Gasteiger partial charge in [-0.25, -0.2) is 4.79 Å². The number of carboxylic acid groups (broad SMARTS) is 1.